The maximum Gasteiger partial charge on any atom is 0.166 e. The Morgan fingerprint density at radius 2 is 1.86 bits per heavy atom. The van der Waals surface area contributed by atoms with Crippen LogP contribution in [0.4, 0.5) is 14.6 Å². The lowest BCUT2D eigenvalue weighted by molar-refractivity contribution is 0.389. The molecule has 0 amide bonds. The fourth-order valence-electron chi connectivity index (χ4n) is 2.46. The van der Waals surface area contributed by atoms with Gasteiger partial charge in [0.15, 0.2) is 11.6 Å². The van der Waals surface area contributed by atoms with Gasteiger partial charge in [0.2, 0.25) is 0 Å². The first-order chi connectivity index (χ1) is 10.5. The molecule has 2 aromatic carbocycles. The Balaban J connectivity index is 2.47. The van der Waals surface area contributed by atoms with Crippen LogP contribution in [-0.2, 0) is 0 Å². The molecule has 0 bridgehead atoms. The Hall–Kier alpha value is -2.40. The molecule has 3 nitrogen and oxygen atoms in total. The second-order valence-corrected chi connectivity index (χ2v) is 5.06. The zero-order chi connectivity index (χ0) is 15.9. The predicted molar refractivity (Wildman–Crippen MR) is 83.1 cm³/mol. The van der Waals surface area contributed by atoms with E-state index in [4.69, 9.17) is 22.1 Å². The van der Waals surface area contributed by atoms with E-state index in [1.165, 1.54) is 25.3 Å². The second-order valence-electron chi connectivity index (χ2n) is 4.67. The van der Waals surface area contributed by atoms with Gasteiger partial charge >= 0.3 is 0 Å². The number of nitrogens with two attached hydrogens (primary N) is 1. The van der Waals surface area contributed by atoms with Gasteiger partial charge in [-0.3, -0.25) is 0 Å². The number of aromatic nitrogens is 1. The van der Waals surface area contributed by atoms with E-state index in [9.17, 15) is 8.78 Å². The van der Waals surface area contributed by atoms with Gasteiger partial charge in [-0.05, 0) is 29.7 Å². The quantitative estimate of drug-likeness (QED) is 0.711. The van der Waals surface area contributed by atoms with E-state index in [2.05, 4.69) is 4.98 Å². The van der Waals surface area contributed by atoms with E-state index in [0.29, 0.717) is 16.5 Å². The van der Waals surface area contributed by atoms with Crippen LogP contribution >= 0.6 is 11.6 Å². The number of ether oxygens (including phenoxy) is 1. The van der Waals surface area contributed by atoms with Crippen LogP contribution in [0.2, 0.25) is 5.15 Å². The van der Waals surface area contributed by atoms with Crippen molar-refractivity contribution < 1.29 is 13.5 Å². The van der Waals surface area contributed by atoms with Crippen molar-refractivity contribution in [3.05, 3.63) is 53.2 Å². The smallest absolute Gasteiger partial charge is 0.166 e. The molecule has 0 fully saturated rings. The molecule has 2 N–H and O–H groups in total. The molecule has 0 aliphatic heterocycles. The van der Waals surface area contributed by atoms with Gasteiger partial charge in [-0.1, -0.05) is 23.7 Å². The number of methoxy groups -OCH3 is 1. The lowest BCUT2D eigenvalue weighted by atomic mass is 9.97. The van der Waals surface area contributed by atoms with Crippen molar-refractivity contribution in [3.8, 4) is 16.9 Å². The summed E-state index contributed by atoms with van der Waals surface area (Å²) < 4.78 is 33.4. The largest absolute Gasteiger partial charge is 0.493 e. The van der Waals surface area contributed by atoms with Crippen molar-refractivity contribution >= 4 is 28.2 Å². The molecule has 0 spiro atoms. The van der Waals surface area contributed by atoms with Crippen molar-refractivity contribution in [2.45, 2.75) is 0 Å². The molecular weight excluding hydrogens is 310 g/mol. The number of benzene rings is 2. The molecule has 1 aromatic heterocycles. The van der Waals surface area contributed by atoms with E-state index < -0.39 is 11.6 Å². The molecule has 0 aliphatic rings. The highest BCUT2D eigenvalue weighted by Crippen LogP contribution is 2.41. The molecular formula is C16H11ClF2N2O. The zero-order valence-corrected chi connectivity index (χ0v) is 12.3. The van der Waals surface area contributed by atoms with E-state index in [1.807, 2.05) is 0 Å². The van der Waals surface area contributed by atoms with Crippen molar-refractivity contribution in [1.82, 2.24) is 4.98 Å². The number of hydrogen-bond acceptors (Lipinski definition) is 3. The Bertz CT molecular complexity index is 884. The maximum absolute atomic E-state index is 14.3. The summed E-state index contributed by atoms with van der Waals surface area (Å²) in [5, 5.41) is 0.839. The number of hydrogen-bond donors (Lipinski definition) is 1. The highest BCUT2D eigenvalue weighted by molar-refractivity contribution is 6.29. The average Bonchev–Trinajstić information content (AvgIpc) is 2.47. The van der Waals surface area contributed by atoms with Gasteiger partial charge in [0.05, 0.1) is 7.11 Å². The summed E-state index contributed by atoms with van der Waals surface area (Å²) in [6, 6.07) is 8.71. The van der Waals surface area contributed by atoms with Crippen molar-refractivity contribution in [3.63, 3.8) is 0 Å². The van der Waals surface area contributed by atoms with Crippen molar-refractivity contribution in [1.29, 1.82) is 0 Å². The molecule has 3 aromatic rings. The van der Waals surface area contributed by atoms with Crippen LogP contribution in [-0.4, -0.2) is 12.1 Å². The summed E-state index contributed by atoms with van der Waals surface area (Å²) in [6.45, 7) is 0. The number of anilines is 1. The molecule has 0 atom stereocenters. The molecule has 0 unspecified atom stereocenters. The number of pyridine rings is 1. The Kier molecular flexibility index (Phi) is 3.58. The summed E-state index contributed by atoms with van der Waals surface area (Å²) in [6.07, 6.45) is 0. The van der Waals surface area contributed by atoms with Gasteiger partial charge in [-0.2, -0.15) is 0 Å². The Labute approximate surface area is 130 Å². The number of fused-ring (bicyclic) bond motifs is 1. The van der Waals surface area contributed by atoms with E-state index in [1.54, 1.807) is 12.1 Å². The van der Waals surface area contributed by atoms with E-state index >= 15 is 0 Å². The van der Waals surface area contributed by atoms with Gasteiger partial charge in [0, 0.05) is 16.5 Å². The third kappa shape index (κ3) is 2.23. The number of nitrogen functional groups attached to an aromatic ring is 1. The third-order valence-corrected chi connectivity index (χ3v) is 3.61. The third-order valence-electron chi connectivity index (χ3n) is 3.40. The number of nitrogens with zero attached hydrogens (tertiary/aromatic N) is 1. The van der Waals surface area contributed by atoms with Crippen LogP contribution in [0.5, 0.6) is 5.75 Å². The van der Waals surface area contributed by atoms with Gasteiger partial charge in [0.25, 0.3) is 0 Å². The maximum atomic E-state index is 14.3. The molecule has 112 valence electrons. The fraction of sp³-hybridized carbons (Fsp3) is 0.0625. The molecule has 1 heterocycles. The van der Waals surface area contributed by atoms with Gasteiger partial charge < -0.3 is 10.5 Å². The van der Waals surface area contributed by atoms with Crippen LogP contribution in [0.1, 0.15) is 0 Å². The summed E-state index contributed by atoms with van der Waals surface area (Å²) in [4.78, 5) is 3.96. The topological polar surface area (TPSA) is 48.1 Å². The minimum Gasteiger partial charge on any atom is -0.493 e. The minimum absolute atomic E-state index is 0.0195. The van der Waals surface area contributed by atoms with E-state index in [0.717, 1.165) is 6.07 Å². The molecule has 0 saturated heterocycles. The second kappa shape index (κ2) is 5.42. The molecule has 0 radical (unpaired) electrons. The zero-order valence-electron chi connectivity index (χ0n) is 11.5. The molecule has 3 rings (SSSR count). The molecule has 0 saturated carbocycles. The van der Waals surface area contributed by atoms with Crippen LogP contribution < -0.4 is 10.5 Å². The SMILES string of the molecule is COc1c(F)cc2c(F)cccc2c1-c1ccc(Cl)nc1N. The van der Waals surface area contributed by atoms with Crippen LogP contribution in [0.25, 0.3) is 21.9 Å². The summed E-state index contributed by atoms with van der Waals surface area (Å²) in [5.74, 6) is -1.11. The van der Waals surface area contributed by atoms with Gasteiger partial charge in [0.1, 0.15) is 16.8 Å². The lowest BCUT2D eigenvalue weighted by Crippen LogP contribution is -1.99. The first kappa shape index (κ1) is 14.5. The van der Waals surface area contributed by atoms with Gasteiger partial charge in [-0.15, -0.1) is 0 Å². The lowest BCUT2D eigenvalue weighted by Gasteiger charge is -2.15. The van der Waals surface area contributed by atoms with Crippen molar-refractivity contribution in [2.24, 2.45) is 0 Å². The average molecular weight is 321 g/mol. The highest BCUT2D eigenvalue weighted by atomic mass is 35.5. The first-order valence-corrected chi connectivity index (χ1v) is 6.78. The first-order valence-electron chi connectivity index (χ1n) is 6.40. The number of rotatable bonds is 2. The van der Waals surface area contributed by atoms with Crippen LogP contribution in [0, 0.1) is 11.6 Å². The summed E-state index contributed by atoms with van der Waals surface area (Å²) in [5.41, 5.74) is 6.66. The monoisotopic (exact) mass is 320 g/mol. The summed E-state index contributed by atoms with van der Waals surface area (Å²) in [7, 11) is 1.34. The normalized spacial score (nSPS) is 10.9. The van der Waals surface area contributed by atoms with Crippen LogP contribution in [0.15, 0.2) is 36.4 Å². The molecule has 0 aliphatic carbocycles. The van der Waals surface area contributed by atoms with Crippen LogP contribution in [0.3, 0.4) is 0 Å². The number of halogens is 3. The van der Waals surface area contributed by atoms with Gasteiger partial charge in [-0.25, -0.2) is 13.8 Å². The molecule has 6 heteroatoms. The Morgan fingerprint density at radius 1 is 1.09 bits per heavy atom. The predicted octanol–water partition coefficient (Wildman–Crippen LogP) is 4.42. The standard InChI is InChI=1S/C16H11ClF2N2O/c1-22-15-12(19)7-10-8(3-2-4-11(10)18)14(15)9-5-6-13(17)21-16(9)20/h2-7H,1H3,(H2,20,21). The van der Waals surface area contributed by atoms with E-state index in [-0.39, 0.29) is 22.1 Å². The molecule has 22 heavy (non-hydrogen) atoms. The van der Waals surface area contributed by atoms with Crippen molar-refractivity contribution in [2.75, 3.05) is 12.8 Å². The minimum atomic E-state index is -0.676. The highest BCUT2D eigenvalue weighted by Gasteiger charge is 2.20. The summed E-state index contributed by atoms with van der Waals surface area (Å²) >= 11 is 5.80. The fourth-order valence-corrected chi connectivity index (χ4v) is 2.62. The Morgan fingerprint density at radius 3 is 2.55 bits per heavy atom.